The van der Waals surface area contributed by atoms with Gasteiger partial charge in [0.05, 0.1) is 50.9 Å². The molecule has 3 rings (SSSR count). The summed E-state index contributed by atoms with van der Waals surface area (Å²) in [6.07, 6.45) is 7.21. The summed E-state index contributed by atoms with van der Waals surface area (Å²) in [5.41, 5.74) is 2.07. The summed E-state index contributed by atoms with van der Waals surface area (Å²) in [5.74, 6) is -1.73. The molecule has 9 heteroatoms. The first-order chi connectivity index (χ1) is 20.5. The lowest BCUT2D eigenvalue weighted by Crippen LogP contribution is -2.46. The molecule has 1 aliphatic rings. The lowest BCUT2D eigenvalue weighted by Gasteiger charge is -2.24. The number of esters is 1. The third-order valence-corrected chi connectivity index (χ3v) is 6.98. The molecule has 3 N–H and O–H groups in total. The molecule has 1 aliphatic heterocycles. The fraction of sp³-hybridized carbons (Fsp3) is 0.485. The van der Waals surface area contributed by atoms with E-state index in [2.05, 4.69) is 10.6 Å². The third-order valence-electron chi connectivity index (χ3n) is 6.98. The minimum Gasteiger partial charge on any atom is -0.463 e. The average molecular weight is 581 g/mol. The Hall–Kier alpha value is -3.53. The number of benzene rings is 2. The molecule has 0 saturated heterocycles. The maximum Gasteiger partial charge on any atom is 0.309 e. The lowest BCUT2D eigenvalue weighted by atomic mass is 9.93. The first-order valence-corrected chi connectivity index (χ1v) is 14.8. The molecule has 3 atom stereocenters. The number of ether oxygens (including phenoxy) is 3. The molecule has 1 heterocycles. The predicted molar refractivity (Wildman–Crippen MR) is 159 cm³/mol. The molecule has 0 aromatic heterocycles. The van der Waals surface area contributed by atoms with Gasteiger partial charge in [0, 0.05) is 13.0 Å². The van der Waals surface area contributed by atoms with Crippen LogP contribution in [-0.2, 0) is 41.6 Å². The van der Waals surface area contributed by atoms with Gasteiger partial charge in [0.1, 0.15) is 6.61 Å². The van der Waals surface area contributed by atoms with Gasteiger partial charge in [-0.3, -0.25) is 14.4 Å². The first kappa shape index (κ1) is 33.0. The summed E-state index contributed by atoms with van der Waals surface area (Å²) in [6.45, 7) is 1.17. The highest BCUT2D eigenvalue weighted by molar-refractivity contribution is 5.86. The van der Waals surface area contributed by atoms with E-state index in [1.165, 1.54) is 0 Å². The topological polar surface area (TPSA) is 123 Å². The van der Waals surface area contributed by atoms with E-state index in [4.69, 9.17) is 19.3 Å². The summed E-state index contributed by atoms with van der Waals surface area (Å²) in [7, 11) is 0. The van der Waals surface area contributed by atoms with E-state index in [-0.39, 0.29) is 63.2 Å². The van der Waals surface area contributed by atoms with E-state index in [9.17, 15) is 14.4 Å². The first-order valence-electron chi connectivity index (χ1n) is 14.8. The molecule has 3 unspecified atom stereocenters. The molecule has 228 valence electrons. The molecule has 2 aromatic carbocycles. The van der Waals surface area contributed by atoms with Crippen molar-refractivity contribution in [3.05, 3.63) is 83.9 Å². The fourth-order valence-corrected chi connectivity index (χ4v) is 4.71. The Kier molecular flexibility index (Phi) is 15.4. The molecule has 0 bridgehead atoms. The van der Waals surface area contributed by atoms with Gasteiger partial charge in [0.15, 0.2) is 0 Å². The second kappa shape index (κ2) is 19.6. The van der Waals surface area contributed by atoms with Gasteiger partial charge in [-0.15, -0.1) is 0 Å². The largest absolute Gasteiger partial charge is 0.463 e. The van der Waals surface area contributed by atoms with E-state index < -0.39 is 12.0 Å². The van der Waals surface area contributed by atoms with Crippen LogP contribution in [0.5, 0.6) is 0 Å². The number of carbonyl (C=O) groups is 3. The van der Waals surface area contributed by atoms with Crippen LogP contribution >= 0.6 is 0 Å². The van der Waals surface area contributed by atoms with Crippen LogP contribution in [0, 0.1) is 11.8 Å². The molecule has 9 nitrogen and oxygen atoms in total. The second-order valence-corrected chi connectivity index (χ2v) is 10.4. The highest BCUT2D eigenvalue weighted by Crippen LogP contribution is 2.19. The third kappa shape index (κ3) is 13.0. The number of aliphatic hydroxyl groups is 1. The van der Waals surface area contributed by atoms with Crippen molar-refractivity contribution in [2.45, 2.75) is 51.2 Å². The Labute approximate surface area is 248 Å². The van der Waals surface area contributed by atoms with E-state index >= 15 is 0 Å². The van der Waals surface area contributed by atoms with Crippen molar-refractivity contribution in [3.63, 3.8) is 0 Å². The number of cyclic esters (lactones) is 1. The molecular formula is C33H44N2O7. The maximum atomic E-state index is 13.4. The van der Waals surface area contributed by atoms with E-state index in [0.29, 0.717) is 32.4 Å². The van der Waals surface area contributed by atoms with Crippen molar-refractivity contribution in [1.29, 1.82) is 0 Å². The zero-order chi connectivity index (χ0) is 29.8. The van der Waals surface area contributed by atoms with Crippen molar-refractivity contribution >= 4 is 17.8 Å². The minimum atomic E-state index is -0.597. The monoisotopic (exact) mass is 580 g/mol. The fourth-order valence-electron chi connectivity index (χ4n) is 4.71. The Bertz CT molecular complexity index is 1090. The molecule has 0 saturated carbocycles. The van der Waals surface area contributed by atoms with Crippen molar-refractivity contribution in [1.82, 2.24) is 10.6 Å². The summed E-state index contributed by atoms with van der Waals surface area (Å²) < 4.78 is 16.9. The van der Waals surface area contributed by atoms with Gasteiger partial charge in [0.25, 0.3) is 0 Å². The molecule has 2 aromatic rings. The maximum absolute atomic E-state index is 13.4. The van der Waals surface area contributed by atoms with Crippen molar-refractivity contribution in [3.8, 4) is 0 Å². The standard InChI is InChI=1S/C33H44N2O7/c36-18-20-40-19-17-34-31(37)22-28-15-9-1-2-10-16-29(21-26-11-5-3-6-12-26)33(39)42-25-30(35-32(28)38)24-41-23-27-13-7-4-8-14-27/h1,3-9,11-14,28-30,36H,2,10,15-25H2,(H,34,37)(H,35,38). The van der Waals surface area contributed by atoms with Crippen LogP contribution in [0.1, 0.15) is 43.2 Å². The molecular weight excluding hydrogens is 536 g/mol. The van der Waals surface area contributed by atoms with Gasteiger partial charge in [-0.2, -0.15) is 0 Å². The summed E-state index contributed by atoms with van der Waals surface area (Å²) in [6, 6.07) is 19.0. The van der Waals surface area contributed by atoms with E-state index in [0.717, 1.165) is 24.0 Å². The second-order valence-electron chi connectivity index (χ2n) is 10.4. The number of rotatable bonds is 13. The van der Waals surface area contributed by atoms with Crippen LogP contribution in [0.2, 0.25) is 0 Å². The van der Waals surface area contributed by atoms with Crippen LogP contribution in [0.3, 0.4) is 0 Å². The zero-order valence-corrected chi connectivity index (χ0v) is 24.2. The lowest BCUT2D eigenvalue weighted by molar-refractivity contribution is -0.151. The quantitative estimate of drug-likeness (QED) is 0.189. The van der Waals surface area contributed by atoms with Crippen molar-refractivity contribution in [2.24, 2.45) is 11.8 Å². The van der Waals surface area contributed by atoms with E-state index in [1.807, 2.05) is 72.8 Å². The van der Waals surface area contributed by atoms with Gasteiger partial charge >= 0.3 is 5.97 Å². The smallest absolute Gasteiger partial charge is 0.309 e. The van der Waals surface area contributed by atoms with Gasteiger partial charge in [-0.25, -0.2) is 0 Å². The van der Waals surface area contributed by atoms with Gasteiger partial charge in [0.2, 0.25) is 11.8 Å². The Morgan fingerprint density at radius 3 is 2.43 bits per heavy atom. The molecule has 0 spiro atoms. The van der Waals surface area contributed by atoms with Crippen LogP contribution in [0.4, 0.5) is 0 Å². The molecule has 42 heavy (non-hydrogen) atoms. The summed E-state index contributed by atoms with van der Waals surface area (Å²) >= 11 is 0. The molecule has 0 aliphatic carbocycles. The van der Waals surface area contributed by atoms with Gasteiger partial charge in [-0.1, -0.05) is 72.8 Å². The number of hydrogen-bond donors (Lipinski definition) is 3. The average Bonchev–Trinajstić information content (AvgIpc) is 3.00. The summed E-state index contributed by atoms with van der Waals surface area (Å²) in [5, 5.41) is 14.5. The number of hydrogen-bond acceptors (Lipinski definition) is 7. The van der Waals surface area contributed by atoms with Gasteiger partial charge < -0.3 is 30.0 Å². The Morgan fingerprint density at radius 2 is 1.69 bits per heavy atom. The van der Waals surface area contributed by atoms with E-state index in [1.54, 1.807) is 0 Å². The normalized spacial score (nSPS) is 20.3. The SMILES string of the molecule is O=C(CC1CC=CCCCC(Cc2ccccc2)C(=O)OCC(COCc2ccccc2)NC1=O)NCCOCCO. The highest BCUT2D eigenvalue weighted by atomic mass is 16.5. The number of carbonyl (C=O) groups excluding carboxylic acids is 3. The molecule has 2 amide bonds. The predicted octanol–water partition coefficient (Wildman–Crippen LogP) is 3.35. The number of allylic oxidation sites excluding steroid dienone is 2. The van der Waals surface area contributed by atoms with Crippen LogP contribution < -0.4 is 10.6 Å². The number of nitrogens with one attached hydrogen (secondary N) is 2. The van der Waals surface area contributed by atoms with Crippen molar-refractivity contribution in [2.75, 3.05) is 39.6 Å². The van der Waals surface area contributed by atoms with Crippen molar-refractivity contribution < 1.29 is 33.7 Å². The zero-order valence-electron chi connectivity index (χ0n) is 24.2. The molecule has 0 fully saturated rings. The minimum absolute atomic E-state index is 0.00665. The Morgan fingerprint density at radius 1 is 0.952 bits per heavy atom. The Balaban J connectivity index is 1.67. The highest BCUT2D eigenvalue weighted by Gasteiger charge is 2.26. The number of amides is 2. The van der Waals surface area contributed by atoms with Crippen LogP contribution in [-0.4, -0.2) is 68.5 Å². The molecule has 0 radical (unpaired) electrons. The van der Waals surface area contributed by atoms with Crippen LogP contribution in [0.15, 0.2) is 72.8 Å². The summed E-state index contributed by atoms with van der Waals surface area (Å²) in [4.78, 5) is 39.2. The van der Waals surface area contributed by atoms with Gasteiger partial charge in [-0.05, 0) is 43.2 Å². The number of aliphatic hydroxyl groups excluding tert-OH is 1. The van der Waals surface area contributed by atoms with Crippen LogP contribution in [0.25, 0.3) is 0 Å².